The first-order valence-electron chi connectivity index (χ1n) is 7.21. The SMILES string of the molecule is CCCN(C(=O)N[C@@H](CCO)C(=O)O)C1CCNCC1. The highest BCUT2D eigenvalue weighted by molar-refractivity contribution is 5.82. The molecule has 0 saturated carbocycles. The second-order valence-corrected chi connectivity index (χ2v) is 5.03. The number of nitrogens with one attached hydrogen (secondary N) is 2. The lowest BCUT2D eigenvalue weighted by Crippen LogP contribution is -2.53. The van der Waals surface area contributed by atoms with Crippen LogP contribution in [0, 0.1) is 0 Å². The highest BCUT2D eigenvalue weighted by Crippen LogP contribution is 2.13. The molecule has 0 aliphatic carbocycles. The number of carbonyl (C=O) groups excluding carboxylic acids is 1. The summed E-state index contributed by atoms with van der Waals surface area (Å²) in [6.45, 7) is 4.08. The van der Waals surface area contributed by atoms with Gasteiger partial charge >= 0.3 is 12.0 Å². The van der Waals surface area contributed by atoms with Crippen LogP contribution in [0.15, 0.2) is 0 Å². The number of nitrogens with zero attached hydrogens (tertiary/aromatic N) is 1. The first-order chi connectivity index (χ1) is 9.60. The maximum Gasteiger partial charge on any atom is 0.326 e. The predicted molar refractivity (Wildman–Crippen MR) is 74.5 cm³/mol. The van der Waals surface area contributed by atoms with Crippen LogP contribution < -0.4 is 10.6 Å². The summed E-state index contributed by atoms with van der Waals surface area (Å²) in [6.07, 6.45) is 2.61. The molecule has 1 aliphatic rings. The van der Waals surface area contributed by atoms with Gasteiger partial charge in [-0.1, -0.05) is 6.92 Å². The molecule has 7 heteroatoms. The van der Waals surface area contributed by atoms with E-state index < -0.39 is 12.0 Å². The van der Waals surface area contributed by atoms with E-state index in [1.807, 2.05) is 6.92 Å². The molecule has 2 amide bonds. The summed E-state index contributed by atoms with van der Waals surface area (Å²) >= 11 is 0. The van der Waals surface area contributed by atoms with Crippen molar-refractivity contribution in [3.63, 3.8) is 0 Å². The Morgan fingerprint density at radius 2 is 2.05 bits per heavy atom. The third-order valence-electron chi connectivity index (χ3n) is 3.49. The number of hydrogen-bond donors (Lipinski definition) is 4. The molecule has 0 radical (unpaired) electrons. The molecular formula is C13H25N3O4. The van der Waals surface area contributed by atoms with E-state index in [-0.39, 0.29) is 25.1 Å². The molecule has 1 saturated heterocycles. The van der Waals surface area contributed by atoms with E-state index in [4.69, 9.17) is 10.2 Å². The summed E-state index contributed by atoms with van der Waals surface area (Å²) in [5.41, 5.74) is 0. The van der Waals surface area contributed by atoms with Crippen molar-refractivity contribution in [1.29, 1.82) is 0 Å². The number of urea groups is 1. The van der Waals surface area contributed by atoms with Gasteiger partial charge in [-0.15, -0.1) is 0 Å². The van der Waals surface area contributed by atoms with E-state index >= 15 is 0 Å². The molecule has 0 spiro atoms. The number of piperidine rings is 1. The third-order valence-corrected chi connectivity index (χ3v) is 3.49. The number of carboxylic acids is 1. The van der Waals surface area contributed by atoms with Crippen molar-refractivity contribution < 1.29 is 19.8 Å². The highest BCUT2D eigenvalue weighted by Gasteiger charge is 2.27. The van der Waals surface area contributed by atoms with Crippen molar-refractivity contribution in [1.82, 2.24) is 15.5 Å². The fourth-order valence-electron chi connectivity index (χ4n) is 2.43. The molecule has 0 bridgehead atoms. The van der Waals surface area contributed by atoms with Crippen LogP contribution in [0.1, 0.15) is 32.6 Å². The molecule has 4 N–H and O–H groups in total. The lowest BCUT2D eigenvalue weighted by atomic mass is 10.0. The number of carbonyl (C=O) groups is 2. The molecular weight excluding hydrogens is 262 g/mol. The minimum atomic E-state index is -1.12. The average Bonchev–Trinajstić information content (AvgIpc) is 2.45. The Labute approximate surface area is 119 Å². The van der Waals surface area contributed by atoms with Crippen LogP contribution in [0.5, 0.6) is 0 Å². The number of aliphatic hydroxyl groups excluding tert-OH is 1. The van der Waals surface area contributed by atoms with Gasteiger partial charge < -0.3 is 25.7 Å². The zero-order valence-corrected chi connectivity index (χ0v) is 12.0. The van der Waals surface area contributed by atoms with E-state index in [9.17, 15) is 9.59 Å². The Morgan fingerprint density at radius 1 is 1.40 bits per heavy atom. The Kier molecular flexibility index (Phi) is 7.32. The quantitative estimate of drug-likeness (QED) is 0.528. The fraction of sp³-hybridized carbons (Fsp3) is 0.846. The van der Waals surface area contributed by atoms with Crippen LogP contribution in [0.3, 0.4) is 0 Å². The first-order valence-corrected chi connectivity index (χ1v) is 7.21. The zero-order valence-electron chi connectivity index (χ0n) is 12.0. The van der Waals surface area contributed by atoms with Gasteiger partial charge in [0.2, 0.25) is 0 Å². The van der Waals surface area contributed by atoms with Crippen molar-refractivity contribution in [2.75, 3.05) is 26.2 Å². The number of amides is 2. The summed E-state index contributed by atoms with van der Waals surface area (Å²) < 4.78 is 0. The Bertz CT molecular complexity index is 319. The van der Waals surface area contributed by atoms with Crippen molar-refractivity contribution >= 4 is 12.0 Å². The Hall–Kier alpha value is -1.34. The fourth-order valence-corrected chi connectivity index (χ4v) is 2.43. The molecule has 0 aromatic heterocycles. The van der Waals surface area contributed by atoms with Gasteiger partial charge in [-0.3, -0.25) is 0 Å². The summed E-state index contributed by atoms with van der Waals surface area (Å²) in [6, 6.07) is -1.23. The van der Waals surface area contributed by atoms with Crippen LogP contribution in [-0.4, -0.2) is 65.4 Å². The highest BCUT2D eigenvalue weighted by atomic mass is 16.4. The van der Waals surface area contributed by atoms with E-state index in [2.05, 4.69) is 10.6 Å². The van der Waals surface area contributed by atoms with Gasteiger partial charge in [-0.05, 0) is 32.4 Å². The normalized spacial score (nSPS) is 17.5. The summed E-state index contributed by atoms with van der Waals surface area (Å²) in [4.78, 5) is 25.0. The minimum Gasteiger partial charge on any atom is -0.480 e. The average molecular weight is 287 g/mol. The lowest BCUT2D eigenvalue weighted by Gasteiger charge is -2.35. The zero-order chi connectivity index (χ0) is 15.0. The Balaban J connectivity index is 2.64. The molecule has 7 nitrogen and oxygen atoms in total. The molecule has 1 aliphatic heterocycles. The summed E-state index contributed by atoms with van der Waals surface area (Å²) in [5.74, 6) is -1.12. The van der Waals surface area contributed by atoms with Gasteiger partial charge in [-0.2, -0.15) is 0 Å². The Morgan fingerprint density at radius 3 is 2.55 bits per heavy atom. The van der Waals surface area contributed by atoms with Crippen molar-refractivity contribution in [3.8, 4) is 0 Å². The second kappa shape index (κ2) is 8.76. The van der Waals surface area contributed by atoms with Gasteiger partial charge in [0.05, 0.1) is 0 Å². The molecule has 1 fully saturated rings. The number of aliphatic hydroxyl groups is 1. The van der Waals surface area contributed by atoms with Gasteiger partial charge in [0.25, 0.3) is 0 Å². The standard InChI is InChI=1S/C13H25N3O4/c1-2-8-16(10-3-6-14-7-4-10)13(20)15-11(5-9-17)12(18)19/h10-11,14,17H,2-9H2,1H3,(H,15,20)(H,18,19)/t11-/m0/s1. The molecule has 1 atom stereocenters. The van der Waals surface area contributed by atoms with Gasteiger partial charge in [-0.25, -0.2) is 9.59 Å². The maximum atomic E-state index is 12.3. The van der Waals surface area contributed by atoms with Crippen molar-refractivity contribution in [2.24, 2.45) is 0 Å². The predicted octanol–water partition coefficient (Wildman–Crippen LogP) is -0.00440. The summed E-state index contributed by atoms with van der Waals surface area (Å²) in [5, 5.41) is 23.6. The first kappa shape index (κ1) is 16.7. The molecule has 0 aromatic carbocycles. The largest absolute Gasteiger partial charge is 0.480 e. The van der Waals surface area contributed by atoms with Gasteiger partial charge in [0.15, 0.2) is 0 Å². The monoisotopic (exact) mass is 287 g/mol. The molecule has 1 heterocycles. The van der Waals surface area contributed by atoms with Crippen LogP contribution in [0.25, 0.3) is 0 Å². The number of hydrogen-bond acceptors (Lipinski definition) is 4. The topological polar surface area (TPSA) is 102 Å². The maximum absolute atomic E-state index is 12.3. The third kappa shape index (κ3) is 4.97. The molecule has 116 valence electrons. The van der Waals surface area contributed by atoms with Crippen LogP contribution in [0.4, 0.5) is 4.79 Å². The summed E-state index contributed by atoms with van der Waals surface area (Å²) in [7, 11) is 0. The van der Waals surface area contributed by atoms with Crippen LogP contribution in [0.2, 0.25) is 0 Å². The van der Waals surface area contributed by atoms with E-state index in [0.717, 1.165) is 32.4 Å². The number of rotatable bonds is 7. The molecule has 0 aromatic rings. The van der Waals surface area contributed by atoms with Gasteiger partial charge in [0.1, 0.15) is 6.04 Å². The minimum absolute atomic E-state index is 0.0211. The van der Waals surface area contributed by atoms with E-state index in [1.165, 1.54) is 0 Å². The van der Waals surface area contributed by atoms with E-state index in [1.54, 1.807) is 4.90 Å². The van der Waals surface area contributed by atoms with Crippen LogP contribution >= 0.6 is 0 Å². The van der Waals surface area contributed by atoms with Gasteiger partial charge in [0, 0.05) is 25.6 Å². The van der Waals surface area contributed by atoms with Crippen molar-refractivity contribution in [3.05, 3.63) is 0 Å². The number of aliphatic carboxylic acids is 1. The van der Waals surface area contributed by atoms with E-state index in [0.29, 0.717) is 6.54 Å². The second-order valence-electron chi connectivity index (χ2n) is 5.03. The lowest BCUT2D eigenvalue weighted by molar-refractivity contribution is -0.139. The molecule has 0 unspecified atom stereocenters. The number of carboxylic acid groups (broad SMARTS) is 1. The smallest absolute Gasteiger partial charge is 0.326 e. The van der Waals surface area contributed by atoms with Crippen LogP contribution in [-0.2, 0) is 4.79 Å². The van der Waals surface area contributed by atoms with Crippen molar-refractivity contribution in [2.45, 2.75) is 44.7 Å². The molecule has 20 heavy (non-hydrogen) atoms. The molecule has 1 rings (SSSR count).